The van der Waals surface area contributed by atoms with Gasteiger partial charge in [0.15, 0.2) is 0 Å². The molecule has 0 aliphatic carbocycles. The number of rotatable bonds is 3. The molecule has 0 spiro atoms. The molecule has 2 fully saturated rings. The Morgan fingerprint density at radius 2 is 1.72 bits per heavy atom. The van der Waals surface area contributed by atoms with Crippen molar-refractivity contribution in [1.29, 1.82) is 0 Å². The molecule has 0 unspecified atom stereocenters. The van der Waals surface area contributed by atoms with Crippen LogP contribution < -0.4 is 5.46 Å². The number of benzene rings is 1. The Balaban J connectivity index is 1.69. The van der Waals surface area contributed by atoms with Crippen LogP contribution in [0.1, 0.15) is 39.7 Å². The molecular formula is C19H31BN2O3. The van der Waals surface area contributed by atoms with Crippen molar-refractivity contribution in [3.63, 3.8) is 0 Å². The maximum absolute atomic E-state index is 10.5. The maximum atomic E-state index is 10.5. The Morgan fingerprint density at radius 3 is 2.36 bits per heavy atom. The van der Waals surface area contributed by atoms with Gasteiger partial charge < -0.3 is 19.3 Å². The Kier molecular flexibility index (Phi) is 5.17. The average Bonchev–Trinajstić information content (AvgIpc) is 2.65. The predicted octanol–water partition coefficient (Wildman–Crippen LogP) is 1.83. The zero-order valence-electron chi connectivity index (χ0n) is 16.2. The summed E-state index contributed by atoms with van der Waals surface area (Å²) in [5, 5.41) is 10.5. The van der Waals surface area contributed by atoms with Crippen LogP contribution in [0.15, 0.2) is 18.2 Å². The van der Waals surface area contributed by atoms with E-state index in [2.05, 4.69) is 16.8 Å². The van der Waals surface area contributed by atoms with Crippen LogP contribution in [-0.2, 0) is 15.9 Å². The topological polar surface area (TPSA) is 45.2 Å². The number of hydrogen-bond acceptors (Lipinski definition) is 5. The molecule has 0 radical (unpaired) electrons. The molecule has 1 aromatic rings. The highest BCUT2D eigenvalue weighted by atomic mass is 16.7. The molecule has 6 heteroatoms. The lowest BCUT2D eigenvalue weighted by Crippen LogP contribution is -2.41. The highest BCUT2D eigenvalue weighted by Gasteiger charge is 2.51. The van der Waals surface area contributed by atoms with Crippen LogP contribution >= 0.6 is 0 Å². The van der Waals surface area contributed by atoms with E-state index in [1.54, 1.807) is 6.07 Å². The molecular weight excluding hydrogens is 315 g/mol. The SMILES string of the molecule is CN1CCCN(Cc2ccc(B3OC(C)(C)C(C)(C)O3)cc2O)CC1. The van der Waals surface area contributed by atoms with E-state index in [1.165, 1.54) is 6.42 Å². The average molecular weight is 346 g/mol. The van der Waals surface area contributed by atoms with E-state index in [4.69, 9.17) is 9.31 Å². The van der Waals surface area contributed by atoms with E-state index in [0.717, 1.165) is 43.8 Å². The fourth-order valence-corrected chi connectivity index (χ4v) is 3.34. The molecule has 0 bridgehead atoms. The standard InChI is InChI=1S/C19H31BN2O3/c1-18(2)19(3,4)25-20(24-18)16-8-7-15(17(23)13-16)14-22-10-6-9-21(5)11-12-22/h7-8,13,23H,6,9-12,14H2,1-5H3. The van der Waals surface area contributed by atoms with Gasteiger partial charge in [-0.15, -0.1) is 0 Å². The van der Waals surface area contributed by atoms with E-state index >= 15 is 0 Å². The second-order valence-corrected chi connectivity index (χ2v) is 8.41. The highest BCUT2D eigenvalue weighted by molar-refractivity contribution is 6.62. The lowest BCUT2D eigenvalue weighted by atomic mass is 9.78. The lowest BCUT2D eigenvalue weighted by molar-refractivity contribution is 0.00578. The third-order valence-electron chi connectivity index (χ3n) is 5.84. The monoisotopic (exact) mass is 346 g/mol. The lowest BCUT2D eigenvalue weighted by Gasteiger charge is -2.32. The van der Waals surface area contributed by atoms with Gasteiger partial charge in [0, 0.05) is 25.2 Å². The zero-order valence-corrected chi connectivity index (χ0v) is 16.2. The molecule has 2 saturated heterocycles. The number of nitrogens with zero attached hydrogens (tertiary/aromatic N) is 2. The van der Waals surface area contributed by atoms with E-state index in [9.17, 15) is 5.11 Å². The van der Waals surface area contributed by atoms with Crippen molar-refractivity contribution in [1.82, 2.24) is 9.80 Å². The van der Waals surface area contributed by atoms with Crippen LogP contribution in [0.4, 0.5) is 0 Å². The Labute approximate surface area is 152 Å². The minimum atomic E-state index is -0.434. The van der Waals surface area contributed by atoms with Crippen LogP contribution in [0.5, 0.6) is 5.75 Å². The third-order valence-corrected chi connectivity index (χ3v) is 5.84. The van der Waals surface area contributed by atoms with Crippen molar-refractivity contribution in [2.45, 2.75) is 51.9 Å². The van der Waals surface area contributed by atoms with Gasteiger partial charge in [-0.2, -0.15) is 0 Å². The summed E-state index contributed by atoms with van der Waals surface area (Å²) in [7, 11) is 1.73. The summed E-state index contributed by atoms with van der Waals surface area (Å²) < 4.78 is 12.1. The Morgan fingerprint density at radius 1 is 1.04 bits per heavy atom. The van der Waals surface area contributed by atoms with Crippen LogP contribution in [0.2, 0.25) is 0 Å². The number of aromatic hydroxyl groups is 1. The molecule has 0 aromatic heterocycles. The highest BCUT2D eigenvalue weighted by Crippen LogP contribution is 2.36. The van der Waals surface area contributed by atoms with E-state index in [0.29, 0.717) is 5.75 Å². The first kappa shape index (κ1) is 18.7. The van der Waals surface area contributed by atoms with Crippen molar-refractivity contribution >= 4 is 12.6 Å². The van der Waals surface area contributed by atoms with E-state index < -0.39 is 7.12 Å². The van der Waals surface area contributed by atoms with E-state index in [1.807, 2.05) is 39.8 Å². The summed E-state index contributed by atoms with van der Waals surface area (Å²) >= 11 is 0. The minimum Gasteiger partial charge on any atom is -0.508 e. The maximum Gasteiger partial charge on any atom is 0.494 e. The van der Waals surface area contributed by atoms with Gasteiger partial charge in [-0.25, -0.2) is 0 Å². The molecule has 2 aliphatic heterocycles. The molecule has 0 saturated carbocycles. The van der Waals surface area contributed by atoms with Crippen LogP contribution in [0.25, 0.3) is 0 Å². The number of phenols is 1. The van der Waals surface area contributed by atoms with Gasteiger partial charge in [-0.1, -0.05) is 12.1 Å². The van der Waals surface area contributed by atoms with Crippen molar-refractivity contribution in [3.05, 3.63) is 23.8 Å². The normalized spacial score (nSPS) is 24.4. The first-order chi connectivity index (χ1) is 11.7. The molecule has 25 heavy (non-hydrogen) atoms. The Hall–Kier alpha value is -1.08. The fourth-order valence-electron chi connectivity index (χ4n) is 3.34. The summed E-state index contributed by atoms with van der Waals surface area (Å²) in [5.41, 5.74) is 1.09. The molecule has 1 N–H and O–H groups in total. The van der Waals surface area contributed by atoms with Gasteiger partial charge >= 0.3 is 7.12 Å². The van der Waals surface area contributed by atoms with Crippen molar-refractivity contribution in [2.24, 2.45) is 0 Å². The largest absolute Gasteiger partial charge is 0.508 e. The fraction of sp³-hybridized carbons (Fsp3) is 0.684. The second kappa shape index (κ2) is 6.91. The first-order valence-corrected chi connectivity index (χ1v) is 9.26. The zero-order chi connectivity index (χ0) is 18.2. The summed E-state index contributed by atoms with van der Waals surface area (Å²) in [6.07, 6.45) is 1.17. The third kappa shape index (κ3) is 4.03. The molecule has 1 aromatic carbocycles. The van der Waals surface area contributed by atoms with Crippen LogP contribution in [0, 0.1) is 0 Å². The second-order valence-electron chi connectivity index (χ2n) is 8.41. The van der Waals surface area contributed by atoms with Crippen molar-refractivity contribution < 1.29 is 14.4 Å². The van der Waals surface area contributed by atoms with Crippen molar-refractivity contribution in [2.75, 3.05) is 33.2 Å². The van der Waals surface area contributed by atoms with Gasteiger partial charge in [0.25, 0.3) is 0 Å². The van der Waals surface area contributed by atoms with Gasteiger partial charge in [0.2, 0.25) is 0 Å². The molecule has 2 heterocycles. The molecule has 5 nitrogen and oxygen atoms in total. The van der Waals surface area contributed by atoms with Gasteiger partial charge in [0.05, 0.1) is 11.2 Å². The minimum absolute atomic E-state index is 0.324. The quantitative estimate of drug-likeness (QED) is 0.846. The van der Waals surface area contributed by atoms with E-state index in [-0.39, 0.29) is 11.2 Å². The number of phenolic OH excluding ortho intramolecular Hbond substituents is 1. The first-order valence-electron chi connectivity index (χ1n) is 9.26. The summed E-state index contributed by atoms with van der Waals surface area (Å²) in [4.78, 5) is 4.77. The molecule has 0 atom stereocenters. The summed E-state index contributed by atoms with van der Waals surface area (Å²) in [5.74, 6) is 0.324. The van der Waals surface area contributed by atoms with Gasteiger partial charge in [-0.3, -0.25) is 4.90 Å². The van der Waals surface area contributed by atoms with Gasteiger partial charge in [0.1, 0.15) is 5.75 Å². The smallest absolute Gasteiger partial charge is 0.494 e. The molecule has 3 rings (SSSR count). The predicted molar refractivity (Wildman–Crippen MR) is 101 cm³/mol. The molecule has 138 valence electrons. The summed E-state index contributed by atoms with van der Waals surface area (Å²) in [6, 6.07) is 5.81. The van der Waals surface area contributed by atoms with Crippen molar-refractivity contribution in [3.8, 4) is 5.75 Å². The van der Waals surface area contributed by atoms with Crippen LogP contribution in [0.3, 0.4) is 0 Å². The van der Waals surface area contributed by atoms with Crippen LogP contribution in [-0.4, -0.2) is 66.5 Å². The Bertz CT molecular complexity index is 605. The van der Waals surface area contributed by atoms with Gasteiger partial charge in [-0.05, 0) is 65.8 Å². The number of hydrogen-bond donors (Lipinski definition) is 1. The molecule has 2 aliphatic rings. The molecule has 0 amide bonds. The summed E-state index contributed by atoms with van der Waals surface area (Å²) in [6.45, 7) is 13.3. The number of likely N-dealkylation sites (N-methyl/N-ethyl adjacent to an activating group) is 1.